The first-order chi connectivity index (χ1) is 7.70. The highest BCUT2D eigenvalue weighted by Gasteiger charge is 2.28. The van der Waals surface area contributed by atoms with Gasteiger partial charge in [-0.1, -0.05) is 19.1 Å². The fraction of sp³-hybridized carbons (Fsp3) is 0.417. The number of halogens is 1. The van der Waals surface area contributed by atoms with Crippen molar-refractivity contribution >= 4 is 6.03 Å². The zero-order chi connectivity index (χ0) is 11.5. The largest absolute Gasteiger partial charge is 0.336 e. The summed E-state index contributed by atoms with van der Waals surface area (Å²) >= 11 is 0. The zero-order valence-electron chi connectivity index (χ0n) is 9.24. The fourth-order valence-corrected chi connectivity index (χ4v) is 1.98. The lowest BCUT2D eigenvalue weighted by molar-refractivity contribution is 0.199. The molecule has 4 heteroatoms. The molecule has 3 nitrogen and oxygen atoms in total. The predicted octanol–water partition coefficient (Wildman–Crippen LogP) is 2.13. The Bertz CT molecular complexity index is 394. The zero-order valence-corrected chi connectivity index (χ0v) is 9.24. The Morgan fingerprint density at radius 1 is 1.56 bits per heavy atom. The summed E-state index contributed by atoms with van der Waals surface area (Å²) in [7, 11) is 0. The molecule has 2 rings (SSSR count). The summed E-state index contributed by atoms with van der Waals surface area (Å²) in [5, 5.41) is 2.80. The number of carbonyl (C=O) groups excluding carboxylic acids is 1. The average molecular weight is 222 g/mol. The third-order valence-electron chi connectivity index (χ3n) is 2.90. The molecule has 0 bridgehead atoms. The van der Waals surface area contributed by atoms with Gasteiger partial charge in [-0.2, -0.15) is 0 Å². The Balaban J connectivity index is 2.11. The van der Waals surface area contributed by atoms with Crippen LogP contribution in [-0.2, 0) is 6.54 Å². The van der Waals surface area contributed by atoms with Crippen LogP contribution < -0.4 is 5.32 Å². The van der Waals surface area contributed by atoms with Crippen LogP contribution in [0.2, 0.25) is 0 Å². The summed E-state index contributed by atoms with van der Waals surface area (Å²) in [6.45, 7) is 3.20. The minimum atomic E-state index is -0.259. The third kappa shape index (κ3) is 2.15. The highest BCUT2D eigenvalue weighted by Crippen LogP contribution is 2.15. The Kier molecular flexibility index (Phi) is 3.08. The molecule has 1 saturated heterocycles. The number of urea groups is 1. The molecular weight excluding hydrogens is 207 g/mol. The van der Waals surface area contributed by atoms with E-state index in [-0.39, 0.29) is 17.9 Å². The predicted molar refractivity (Wildman–Crippen MR) is 59.4 cm³/mol. The molecule has 86 valence electrons. The van der Waals surface area contributed by atoms with Crippen LogP contribution in [0.15, 0.2) is 24.3 Å². The van der Waals surface area contributed by atoms with E-state index in [0.717, 1.165) is 12.0 Å². The van der Waals surface area contributed by atoms with Gasteiger partial charge in [-0.25, -0.2) is 9.18 Å². The molecule has 2 amide bonds. The lowest BCUT2D eigenvalue weighted by Crippen LogP contribution is -2.33. The van der Waals surface area contributed by atoms with Crippen LogP contribution in [0.5, 0.6) is 0 Å². The van der Waals surface area contributed by atoms with Crippen molar-refractivity contribution in [2.45, 2.75) is 25.9 Å². The van der Waals surface area contributed by atoms with Crippen molar-refractivity contribution in [3.63, 3.8) is 0 Å². The number of rotatable bonds is 3. The van der Waals surface area contributed by atoms with Gasteiger partial charge < -0.3 is 10.2 Å². The van der Waals surface area contributed by atoms with Gasteiger partial charge in [0, 0.05) is 13.1 Å². The van der Waals surface area contributed by atoms with Crippen molar-refractivity contribution in [1.29, 1.82) is 0 Å². The molecule has 0 radical (unpaired) electrons. The number of benzene rings is 1. The molecule has 1 heterocycles. The molecule has 1 unspecified atom stereocenters. The molecule has 1 atom stereocenters. The maximum absolute atomic E-state index is 13.0. The van der Waals surface area contributed by atoms with Crippen LogP contribution in [0.1, 0.15) is 18.9 Å². The monoisotopic (exact) mass is 222 g/mol. The molecule has 16 heavy (non-hydrogen) atoms. The standard InChI is InChI=1S/C12H15FN2O/c1-2-11-7-14-12(16)15(11)8-9-4-3-5-10(13)6-9/h3-6,11H,2,7-8H2,1H3,(H,14,16). The van der Waals surface area contributed by atoms with Crippen molar-refractivity contribution in [3.05, 3.63) is 35.6 Å². The summed E-state index contributed by atoms with van der Waals surface area (Å²) in [4.78, 5) is 13.3. The lowest BCUT2D eigenvalue weighted by Gasteiger charge is -2.21. The quantitative estimate of drug-likeness (QED) is 0.834. The van der Waals surface area contributed by atoms with Crippen LogP contribution in [0, 0.1) is 5.82 Å². The summed E-state index contributed by atoms with van der Waals surface area (Å²) in [5.41, 5.74) is 0.829. The maximum Gasteiger partial charge on any atom is 0.318 e. The molecule has 1 N–H and O–H groups in total. The first-order valence-corrected chi connectivity index (χ1v) is 5.49. The van der Waals surface area contributed by atoms with Gasteiger partial charge in [-0.15, -0.1) is 0 Å². The van der Waals surface area contributed by atoms with E-state index >= 15 is 0 Å². The van der Waals surface area contributed by atoms with Crippen molar-refractivity contribution in [2.75, 3.05) is 6.54 Å². The van der Waals surface area contributed by atoms with Crippen molar-refractivity contribution in [2.24, 2.45) is 0 Å². The highest BCUT2D eigenvalue weighted by atomic mass is 19.1. The molecule has 0 aromatic heterocycles. The van der Waals surface area contributed by atoms with E-state index < -0.39 is 0 Å². The molecule has 0 aliphatic carbocycles. The number of nitrogens with one attached hydrogen (secondary N) is 1. The van der Waals surface area contributed by atoms with E-state index in [1.54, 1.807) is 11.0 Å². The van der Waals surface area contributed by atoms with Gasteiger partial charge in [0.05, 0.1) is 6.04 Å². The molecule has 1 aromatic carbocycles. The number of nitrogens with zero attached hydrogens (tertiary/aromatic N) is 1. The van der Waals surface area contributed by atoms with Crippen LogP contribution in [0.25, 0.3) is 0 Å². The maximum atomic E-state index is 13.0. The van der Waals surface area contributed by atoms with Crippen LogP contribution in [0.4, 0.5) is 9.18 Å². The van der Waals surface area contributed by atoms with E-state index in [1.807, 2.05) is 13.0 Å². The van der Waals surface area contributed by atoms with Crippen molar-refractivity contribution in [1.82, 2.24) is 10.2 Å². The van der Waals surface area contributed by atoms with Crippen LogP contribution >= 0.6 is 0 Å². The molecule has 0 spiro atoms. The van der Waals surface area contributed by atoms with Gasteiger partial charge in [0.2, 0.25) is 0 Å². The van der Waals surface area contributed by atoms with E-state index in [0.29, 0.717) is 13.1 Å². The lowest BCUT2D eigenvalue weighted by atomic mass is 10.1. The molecule has 1 aliphatic rings. The number of amides is 2. The second-order valence-electron chi connectivity index (χ2n) is 4.01. The van der Waals surface area contributed by atoms with Gasteiger partial charge in [0.1, 0.15) is 5.82 Å². The highest BCUT2D eigenvalue weighted by molar-refractivity contribution is 5.76. The Morgan fingerprint density at radius 2 is 2.38 bits per heavy atom. The average Bonchev–Trinajstić information content (AvgIpc) is 2.60. The van der Waals surface area contributed by atoms with E-state index in [4.69, 9.17) is 0 Å². The van der Waals surface area contributed by atoms with Crippen LogP contribution in [0.3, 0.4) is 0 Å². The van der Waals surface area contributed by atoms with E-state index in [2.05, 4.69) is 5.32 Å². The van der Waals surface area contributed by atoms with E-state index in [9.17, 15) is 9.18 Å². The topological polar surface area (TPSA) is 32.3 Å². The van der Waals surface area contributed by atoms with Crippen molar-refractivity contribution in [3.8, 4) is 0 Å². The third-order valence-corrected chi connectivity index (χ3v) is 2.90. The first kappa shape index (κ1) is 10.9. The number of hydrogen-bond acceptors (Lipinski definition) is 1. The minimum absolute atomic E-state index is 0.0592. The number of hydrogen-bond donors (Lipinski definition) is 1. The van der Waals surface area contributed by atoms with Crippen LogP contribution in [-0.4, -0.2) is 23.5 Å². The summed E-state index contributed by atoms with van der Waals surface area (Å²) in [6, 6.07) is 6.54. The molecule has 1 aromatic rings. The van der Waals surface area contributed by atoms with Gasteiger partial charge in [0.25, 0.3) is 0 Å². The fourth-order valence-electron chi connectivity index (χ4n) is 1.98. The first-order valence-electron chi connectivity index (χ1n) is 5.49. The molecular formula is C12H15FN2O. The van der Waals surface area contributed by atoms with Gasteiger partial charge >= 0.3 is 6.03 Å². The molecule has 0 saturated carbocycles. The SMILES string of the molecule is CCC1CNC(=O)N1Cc1cccc(F)c1. The Labute approximate surface area is 94.3 Å². The normalized spacial score (nSPS) is 20.0. The second kappa shape index (κ2) is 4.51. The summed E-state index contributed by atoms with van der Waals surface area (Å²) in [6.07, 6.45) is 0.911. The molecule has 1 fully saturated rings. The minimum Gasteiger partial charge on any atom is -0.336 e. The van der Waals surface area contributed by atoms with Crippen molar-refractivity contribution < 1.29 is 9.18 Å². The summed E-state index contributed by atoms with van der Waals surface area (Å²) < 4.78 is 13.0. The Morgan fingerprint density at radius 3 is 3.06 bits per heavy atom. The van der Waals surface area contributed by atoms with E-state index in [1.165, 1.54) is 12.1 Å². The molecule has 1 aliphatic heterocycles. The number of carbonyl (C=O) groups is 1. The van der Waals surface area contributed by atoms with Gasteiger partial charge in [-0.3, -0.25) is 0 Å². The Hall–Kier alpha value is -1.58. The summed E-state index contributed by atoms with van der Waals surface area (Å²) in [5.74, 6) is -0.259. The van der Waals surface area contributed by atoms with Gasteiger partial charge in [-0.05, 0) is 24.1 Å². The smallest absolute Gasteiger partial charge is 0.318 e. The van der Waals surface area contributed by atoms with Gasteiger partial charge in [0.15, 0.2) is 0 Å². The second-order valence-corrected chi connectivity index (χ2v) is 4.01.